The maximum atomic E-state index is 11.1. The molecule has 0 saturated carbocycles. The van der Waals surface area contributed by atoms with E-state index in [4.69, 9.17) is 5.73 Å². The predicted molar refractivity (Wildman–Crippen MR) is 62.6 cm³/mol. The lowest BCUT2D eigenvalue weighted by Gasteiger charge is -2.06. The number of nitrogens with one attached hydrogen (secondary N) is 1. The molecule has 1 amide bonds. The van der Waals surface area contributed by atoms with Gasteiger partial charge in [-0.05, 0) is 11.6 Å². The summed E-state index contributed by atoms with van der Waals surface area (Å²) in [5.41, 5.74) is 7.14. The van der Waals surface area contributed by atoms with Crippen LogP contribution < -0.4 is 11.1 Å². The molecule has 2 aromatic rings. The Kier molecular flexibility index (Phi) is 3.12. The van der Waals surface area contributed by atoms with E-state index >= 15 is 0 Å². The summed E-state index contributed by atoms with van der Waals surface area (Å²) in [5, 5.41) is 3.81. The molecule has 0 spiro atoms. The zero-order valence-electron chi connectivity index (χ0n) is 8.81. The summed E-state index contributed by atoms with van der Waals surface area (Å²) < 4.78 is 0. The van der Waals surface area contributed by atoms with E-state index in [0.29, 0.717) is 6.54 Å². The van der Waals surface area contributed by atoms with Crippen LogP contribution in [0.5, 0.6) is 0 Å². The highest BCUT2D eigenvalue weighted by Gasteiger charge is 2.02. The average Bonchev–Trinajstić information content (AvgIpc) is 2.35. The fourth-order valence-electron chi connectivity index (χ4n) is 1.58. The highest BCUT2D eigenvalue weighted by atomic mass is 16.1. The van der Waals surface area contributed by atoms with Crippen LogP contribution in [0.1, 0.15) is 5.56 Å². The van der Waals surface area contributed by atoms with Gasteiger partial charge in [-0.15, -0.1) is 0 Å². The molecular formula is C12H13N3O. The van der Waals surface area contributed by atoms with Crippen molar-refractivity contribution in [2.45, 2.75) is 6.54 Å². The molecule has 0 radical (unpaired) electrons. The summed E-state index contributed by atoms with van der Waals surface area (Å²) in [6.45, 7) is 0.475. The van der Waals surface area contributed by atoms with Gasteiger partial charge < -0.3 is 11.1 Å². The van der Waals surface area contributed by atoms with Crippen molar-refractivity contribution in [2.75, 3.05) is 6.54 Å². The number of pyridine rings is 1. The highest BCUT2D eigenvalue weighted by molar-refractivity contribution is 5.82. The van der Waals surface area contributed by atoms with Crippen molar-refractivity contribution < 1.29 is 4.79 Å². The van der Waals surface area contributed by atoms with Gasteiger partial charge >= 0.3 is 0 Å². The van der Waals surface area contributed by atoms with Gasteiger partial charge in [0.05, 0.1) is 12.1 Å². The van der Waals surface area contributed by atoms with Gasteiger partial charge in [-0.25, -0.2) is 0 Å². The maximum Gasteiger partial charge on any atom is 0.234 e. The van der Waals surface area contributed by atoms with Crippen LogP contribution in [-0.2, 0) is 11.3 Å². The van der Waals surface area contributed by atoms with E-state index < -0.39 is 0 Å². The fraction of sp³-hybridized carbons (Fsp3) is 0.167. The Bertz CT molecular complexity index is 505. The lowest BCUT2D eigenvalue weighted by atomic mass is 10.1. The highest BCUT2D eigenvalue weighted by Crippen LogP contribution is 2.15. The fourth-order valence-corrected chi connectivity index (χ4v) is 1.58. The molecule has 16 heavy (non-hydrogen) atoms. The Labute approximate surface area is 93.5 Å². The molecule has 0 aliphatic carbocycles. The molecule has 82 valence electrons. The minimum absolute atomic E-state index is 0.0121. The smallest absolute Gasteiger partial charge is 0.234 e. The van der Waals surface area contributed by atoms with Gasteiger partial charge in [-0.1, -0.05) is 24.3 Å². The first-order valence-electron chi connectivity index (χ1n) is 5.10. The second kappa shape index (κ2) is 4.72. The van der Waals surface area contributed by atoms with Gasteiger partial charge in [0.25, 0.3) is 0 Å². The molecule has 0 saturated heterocycles. The topological polar surface area (TPSA) is 68.0 Å². The summed E-state index contributed by atoms with van der Waals surface area (Å²) >= 11 is 0. The van der Waals surface area contributed by atoms with Crippen molar-refractivity contribution in [3.8, 4) is 0 Å². The standard InChI is InChI=1S/C12H13N3O/c13-7-11(16)15-8-10-4-1-3-9-5-2-6-14-12(9)10/h1-6H,7-8,13H2,(H,15,16). The molecule has 3 N–H and O–H groups in total. The first-order valence-corrected chi connectivity index (χ1v) is 5.10. The van der Waals surface area contributed by atoms with Gasteiger partial charge in [0.2, 0.25) is 5.91 Å². The van der Waals surface area contributed by atoms with Crippen LogP contribution >= 0.6 is 0 Å². The molecule has 2 rings (SSSR count). The number of hydrogen-bond donors (Lipinski definition) is 2. The maximum absolute atomic E-state index is 11.1. The first kappa shape index (κ1) is 10.6. The van der Waals surface area contributed by atoms with E-state index in [0.717, 1.165) is 16.5 Å². The summed E-state index contributed by atoms with van der Waals surface area (Å²) in [6, 6.07) is 9.79. The van der Waals surface area contributed by atoms with E-state index in [1.54, 1.807) is 6.20 Å². The van der Waals surface area contributed by atoms with Crippen molar-refractivity contribution in [1.29, 1.82) is 0 Å². The number of amides is 1. The number of carbonyl (C=O) groups excluding carboxylic acids is 1. The molecule has 0 atom stereocenters. The van der Waals surface area contributed by atoms with Crippen molar-refractivity contribution >= 4 is 16.8 Å². The van der Waals surface area contributed by atoms with Crippen molar-refractivity contribution in [2.24, 2.45) is 5.73 Å². The molecule has 4 nitrogen and oxygen atoms in total. The predicted octanol–water partition coefficient (Wildman–Crippen LogP) is 0.810. The minimum Gasteiger partial charge on any atom is -0.351 e. The molecule has 4 heteroatoms. The Morgan fingerprint density at radius 2 is 2.12 bits per heavy atom. The summed E-state index contributed by atoms with van der Waals surface area (Å²) in [5.74, 6) is -0.159. The first-order chi connectivity index (χ1) is 7.81. The molecule has 0 bridgehead atoms. The number of nitrogens with zero attached hydrogens (tertiary/aromatic N) is 1. The van der Waals surface area contributed by atoms with E-state index in [2.05, 4.69) is 10.3 Å². The lowest BCUT2D eigenvalue weighted by molar-refractivity contribution is -0.119. The Balaban J connectivity index is 2.27. The summed E-state index contributed by atoms with van der Waals surface area (Å²) in [7, 11) is 0. The van der Waals surface area contributed by atoms with Crippen LogP contribution in [-0.4, -0.2) is 17.4 Å². The van der Waals surface area contributed by atoms with Gasteiger partial charge in [-0.3, -0.25) is 9.78 Å². The average molecular weight is 215 g/mol. The molecule has 0 aliphatic heterocycles. The van der Waals surface area contributed by atoms with Crippen LogP contribution in [0, 0.1) is 0 Å². The number of fused-ring (bicyclic) bond motifs is 1. The van der Waals surface area contributed by atoms with Crippen molar-refractivity contribution in [1.82, 2.24) is 10.3 Å². The van der Waals surface area contributed by atoms with E-state index in [1.165, 1.54) is 0 Å². The van der Waals surface area contributed by atoms with Gasteiger partial charge in [0, 0.05) is 18.1 Å². The van der Waals surface area contributed by atoms with Crippen molar-refractivity contribution in [3.63, 3.8) is 0 Å². The van der Waals surface area contributed by atoms with Crippen LogP contribution in [0.2, 0.25) is 0 Å². The summed E-state index contributed by atoms with van der Waals surface area (Å²) in [6.07, 6.45) is 1.75. The van der Waals surface area contributed by atoms with Crippen LogP contribution in [0.25, 0.3) is 10.9 Å². The Hall–Kier alpha value is -1.94. The van der Waals surface area contributed by atoms with Gasteiger partial charge in [0.15, 0.2) is 0 Å². The van der Waals surface area contributed by atoms with Gasteiger partial charge in [0.1, 0.15) is 0 Å². The summed E-state index contributed by atoms with van der Waals surface area (Å²) in [4.78, 5) is 15.4. The third-order valence-electron chi connectivity index (χ3n) is 2.38. The minimum atomic E-state index is -0.159. The second-order valence-electron chi connectivity index (χ2n) is 3.47. The van der Waals surface area contributed by atoms with E-state index in [9.17, 15) is 4.79 Å². The number of hydrogen-bond acceptors (Lipinski definition) is 3. The number of aromatic nitrogens is 1. The third kappa shape index (κ3) is 2.17. The van der Waals surface area contributed by atoms with E-state index in [-0.39, 0.29) is 12.5 Å². The second-order valence-corrected chi connectivity index (χ2v) is 3.47. The molecule has 1 aromatic carbocycles. The lowest BCUT2D eigenvalue weighted by Crippen LogP contribution is -2.29. The zero-order chi connectivity index (χ0) is 11.4. The molecular weight excluding hydrogens is 202 g/mol. The molecule has 1 heterocycles. The third-order valence-corrected chi connectivity index (χ3v) is 2.38. The van der Waals surface area contributed by atoms with Gasteiger partial charge in [-0.2, -0.15) is 0 Å². The van der Waals surface area contributed by atoms with Crippen LogP contribution in [0.4, 0.5) is 0 Å². The number of para-hydroxylation sites is 1. The Morgan fingerprint density at radius 3 is 2.94 bits per heavy atom. The number of rotatable bonds is 3. The monoisotopic (exact) mass is 215 g/mol. The van der Waals surface area contributed by atoms with Crippen molar-refractivity contribution in [3.05, 3.63) is 42.1 Å². The Morgan fingerprint density at radius 1 is 1.31 bits per heavy atom. The molecule has 0 unspecified atom stereocenters. The molecule has 1 aromatic heterocycles. The molecule has 0 fully saturated rings. The normalized spacial score (nSPS) is 10.3. The number of carbonyl (C=O) groups is 1. The quantitative estimate of drug-likeness (QED) is 0.796. The largest absolute Gasteiger partial charge is 0.351 e. The van der Waals surface area contributed by atoms with E-state index in [1.807, 2.05) is 30.3 Å². The van der Waals surface area contributed by atoms with Crippen LogP contribution in [0.15, 0.2) is 36.5 Å². The van der Waals surface area contributed by atoms with Crippen LogP contribution in [0.3, 0.4) is 0 Å². The zero-order valence-corrected chi connectivity index (χ0v) is 8.81. The molecule has 0 aliphatic rings. The SMILES string of the molecule is NCC(=O)NCc1cccc2cccnc12. The number of nitrogens with two attached hydrogens (primary N) is 1. The number of benzene rings is 1.